The first-order valence-corrected chi connectivity index (χ1v) is 23.2. The zero-order valence-corrected chi connectivity index (χ0v) is 34.6. The van der Waals surface area contributed by atoms with Crippen LogP contribution >= 0.6 is 0 Å². The number of anilines is 4. The molecule has 4 heterocycles. The highest BCUT2D eigenvalue weighted by Crippen LogP contribution is 2.61. The number of carbonyl (C=O) groups excluding carboxylic acids is 2. The molecule has 5 aromatic carbocycles. The first-order chi connectivity index (χ1) is 28.6. The third-order valence-electron chi connectivity index (χ3n) is 12.6. The summed E-state index contributed by atoms with van der Waals surface area (Å²) in [6.45, 7) is 7.18. The Morgan fingerprint density at radius 2 is 1.58 bits per heavy atom. The number of rotatable bonds is 11. The van der Waals surface area contributed by atoms with Crippen LogP contribution in [0.3, 0.4) is 0 Å². The number of amides is 2. The highest BCUT2D eigenvalue weighted by molar-refractivity contribution is 6.91. The lowest BCUT2D eigenvalue weighted by molar-refractivity contribution is -0.145. The van der Waals surface area contributed by atoms with Gasteiger partial charge in [-0.05, 0) is 72.1 Å². The summed E-state index contributed by atoms with van der Waals surface area (Å²) in [6.07, 6.45) is 2.11. The summed E-state index contributed by atoms with van der Waals surface area (Å²) < 4.78 is 20.6. The molecular weight excluding hydrogens is 759 g/mol. The van der Waals surface area contributed by atoms with Gasteiger partial charge in [-0.25, -0.2) is 0 Å². The van der Waals surface area contributed by atoms with Crippen LogP contribution in [0.1, 0.15) is 36.1 Å². The van der Waals surface area contributed by atoms with Crippen LogP contribution in [0.2, 0.25) is 18.6 Å². The molecule has 59 heavy (non-hydrogen) atoms. The van der Waals surface area contributed by atoms with E-state index in [1.165, 1.54) is 5.19 Å². The van der Waals surface area contributed by atoms with E-state index in [4.69, 9.17) is 14.2 Å². The molecule has 1 saturated heterocycles. The molecule has 1 N–H and O–H groups in total. The molecule has 9 rings (SSSR count). The summed E-state index contributed by atoms with van der Waals surface area (Å²) in [5.41, 5.74) is 3.74. The molecule has 0 aliphatic carbocycles. The zero-order valence-electron chi connectivity index (χ0n) is 33.6. The summed E-state index contributed by atoms with van der Waals surface area (Å²) in [5, 5.41) is 20.6. The van der Waals surface area contributed by atoms with E-state index in [1.807, 2.05) is 126 Å². The van der Waals surface area contributed by atoms with Gasteiger partial charge in [-0.15, -0.1) is 5.10 Å². The maximum atomic E-state index is 15.6. The minimum absolute atomic E-state index is 0.0321. The Balaban J connectivity index is 1.15. The van der Waals surface area contributed by atoms with Crippen LogP contribution < -0.4 is 24.5 Å². The van der Waals surface area contributed by atoms with Crippen molar-refractivity contribution in [3.63, 3.8) is 0 Å². The van der Waals surface area contributed by atoms with E-state index >= 15 is 4.79 Å². The van der Waals surface area contributed by atoms with Crippen molar-refractivity contribution in [3.05, 3.63) is 150 Å². The Morgan fingerprint density at radius 3 is 2.31 bits per heavy atom. The van der Waals surface area contributed by atoms with Crippen molar-refractivity contribution in [1.29, 1.82) is 0 Å². The topological polar surface area (TPSA) is 119 Å². The molecule has 3 aliphatic rings. The van der Waals surface area contributed by atoms with Crippen molar-refractivity contribution in [1.82, 2.24) is 15.0 Å². The largest absolute Gasteiger partial charge is 0.497 e. The van der Waals surface area contributed by atoms with Gasteiger partial charge in [0.2, 0.25) is 0 Å². The summed E-state index contributed by atoms with van der Waals surface area (Å²) in [6, 6.07) is 41.2. The van der Waals surface area contributed by atoms with E-state index in [1.54, 1.807) is 16.9 Å². The van der Waals surface area contributed by atoms with Crippen LogP contribution in [0.15, 0.2) is 134 Å². The first kappa shape index (κ1) is 38.4. The number of aliphatic hydroxyl groups excluding tert-OH is 1. The van der Waals surface area contributed by atoms with Gasteiger partial charge < -0.3 is 19.3 Å². The monoisotopic (exact) mass is 805 g/mol. The summed E-state index contributed by atoms with van der Waals surface area (Å²) in [5.74, 6) is 0.469. The summed E-state index contributed by atoms with van der Waals surface area (Å²) >= 11 is 0. The minimum atomic E-state index is -2.47. The Kier molecular flexibility index (Phi) is 9.94. The maximum absolute atomic E-state index is 15.6. The molecular formula is C47H47N5O6Si. The van der Waals surface area contributed by atoms with Crippen molar-refractivity contribution >= 4 is 47.8 Å². The van der Waals surface area contributed by atoms with Crippen LogP contribution in [0, 0.1) is 5.92 Å². The SMILES string of the molecule is COc1ccc([Si](C)(C)[C@@H]2[C@@H](CCn3cc(C(CO)c4ccccc4)nn3)O[C@]3(C(=O)N(c4ccccc4)c4ccc(N5C(=O)COc6ccccc65)cc43)[C@H]2C)cc1. The lowest BCUT2D eigenvalue weighted by atomic mass is 9.82. The van der Waals surface area contributed by atoms with Crippen LogP contribution in [0.5, 0.6) is 11.5 Å². The van der Waals surface area contributed by atoms with E-state index in [0.29, 0.717) is 35.8 Å². The first-order valence-electron chi connectivity index (χ1n) is 20.1. The van der Waals surface area contributed by atoms with Gasteiger partial charge in [0.15, 0.2) is 12.2 Å². The lowest BCUT2D eigenvalue weighted by Gasteiger charge is -2.37. The van der Waals surface area contributed by atoms with Gasteiger partial charge in [-0.3, -0.25) is 24.1 Å². The van der Waals surface area contributed by atoms with E-state index < -0.39 is 13.7 Å². The predicted molar refractivity (Wildman–Crippen MR) is 229 cm³/mol. The number of ether oxygens (including phenoxy) is 3. The molecule has 1 aromatic heterocycles. The van der Waals surface area contributed by atoms with E-state index in [2.05, 4.69) is 42.5 Å². The number of carbonyl (C=O) groups is 2. The molecule has 0 radical (unpaired) electrons. The Labute approximate surface area is 344 Å². The molecule has 12 heteroatoms. The van der Waals surface area contributed by atoms with Gasteiger partial charge in [0.25, 0.3) is 11.8 Å². The molecule has 11 nitrogen and oxygen atoms in total. The van der Waals surface area contributed by atoms with Crippen molar-refractivity contribution in [2.45, 2.75) is 56.1 Å². The number of hydrogen-bond donors (Lipinski definition) is 1. The number of hydrogen-bond acceptors (Lipinski definition) is 8. The molecule has 1 unspecified atom stereocenters. The van der Waals surface area contributed by atoms with Gasteiger partial charge >= 0.3 is 0 Å². The van der Waals surface area contributed by atoms with E-state index in [9.17, 15) is 9.90 Å². The fourth-order valence-electron chi connectivity index (χ4n) is 9.75. The van der Waals surface area contributed by atoms with Gasteiger partial charge in [-0.1, -0.05) is 103 Å². The van der Waals surface area contributed by atoms with Gasteiger partial charge in [0.05, 0.1) is 50.9 Å². The molecule has 1 fully saturated rings. The van der Waals surface area contributed by atoms with Gasteiger partial charge in [0, 0.05) is 35.6 Å². The van der Waals surface area contributed by atoms with Crippen LogP contribution in [-0.4, -0.2) is 66.4 Å². The van der Waals surface area contributed by atoms with E-state index in [0.717, 1.165) is 28.3 Å². The number of fused-ring (bicyclic) bond motifs is 3. The second-order valence-electron chi connectivity index (χ2n) is 16.2. The van der Waals surface area contributed by atoms with E-state index in [-0.39, 0.29) is 48.5 Å². The van der Waals surface area contributed by atoms with Crippen LogP contribution in [0.25, 0.3) is 0 Å². The second-order valence-corrected chi connectivity index (χ2v) is 20.8. The van der Waals surface area contributed by atoms with Crippen molar-refractivity contribution in [3.8, 4) is 11.5 Å². The number of aryl methyl sites for hydroxylation is 1. The predicted octanol–water partition coefficient (Wildman–Crippen LogP) is 7.45. The quantitative estimate of drug-likeness (QED) is 0.134. The number of aromatic nitrogens is 3. The standard InChI is InChI=1S/C47H47N5O6Si/c1-31-45(59(3,4)36-22-20-35(56-2)21-23-36)43(25-26-50-28-39(48-49-50)37(29-53)32-13-7-5-8-14-32)58-47(31)38-27-34(51-41-17-11-12-18-42(41)57-30-44(51)54)19-24-40(38)52(46(47)55)33-15-9-6-10-16-33/h5-24,27-28,31,37,43,45,53H,25-26,29-30H2,1-4H3/t31-,37?,43+,45-,47+/m0/s1. The zero-order chi connectivity index (χ0) is 40.9. The lowest BCUT2D eigenvalue weighted by Crippen LogP contribution is -2.51. The molecule has 300 valence electrons. The van der Waals surface area contributed by atoms with Gasteiger partial charge in [0.1, 0.15) is 11.5 Å². The Morgan fingerprint density at radius 1 is 0.864 bits per heavy atom. The fourth-order valence-corrected chi connectivity index (χ4v) is 13.8. The number of methoxy groups -OCH3 is 1. The number of para-hydroxylation sites is 3. The molecule has 0 bridgehead atoms. The van der Waals surface area contributed by atoms with Crippen molar-refractivity contribution in [2.24, 2.45) is 5.92 Å². The fraction of sp³-hybridized carbons (Fsp3) is 0.277. The number of benzene rings is 5. The third kappa shape index (κ3) is 6.42. The normalized spacial score (nSPS) is 21.7. The highest BCUT2D eigenvalue weighted by Gasteiger charge is 2.66. The molecule has 5 atom stereocenters. The molecule has 0 saturated carbocycles. The molecule has 6 aromatic rings. The van der Waals surface area contributed by atoms with Gasteiger partial charge in [-0.2, -0.15) is 0 Å². The summed E-state index contributed by atoms with van der Waals surface area (Å²) in [7, 11) is -0.802. The third-order valence-corrected chi connectivity index (χ3v) is 17.0. The van der Waals surface area contributed by atoms with Crippen molar-refractivity contribution in [2.75, 3.05) is 30.1 Å². The number of aliphatic hydroxyl groups is 1. The smallest absolute Gasteiger partial charge is 0.269 e. The van der Waals surface area contributed by atoms with Crippen LogP contribution in [-0.2, 0) is 26.5 Å². The van der Waals surface area contributed by atoms with Crippen molar-refractivity contribution < 1.29 is 28.9 Å². The Hall–Kier alpha value is -6.08. The molecule has 3 aliphatic heterocycles. The second kappa shape index (κ2) is 15.3. The maximum Gasteiger partial charge on any atom is 0.269 e. The van der Waals surface area contributed by atoms with Crippen LogP contribution in [0.4, 0.5) is 22.7 Å². The number of nitrogens with zero attached hydrogens (tertiary/aromatic N) is 5. The molecule has 2 amide bonds. The average molecular weight is 806 g/mol. The minimum Gasteiger partial charge on any atom is -0.497 e. The summed E-state index contributed by atoms with van der Waals surface area (Å²) in [4.78, 5) is 32.7. The Bertz CT molecular complexity index is 2500. The average Bonchev–Trinajstić information content (AvgIpc) is 3.93. The highest BCUT2D eigenvalue weighted by atomic mass is 28.3. The molecule has 1 spiro atoms.